The Labute approximate surface area is 164 Å². The summed E-state index contributed by atoms with van der Waals surface area (Å²) < 4.78 is 5.57. The first-order chi connectivity index (χ1) is 12.5. The van der Waals surface area contributed by atoms with Gasteiger partial charge in [0.2, 0.25) is 0 Å². The first-order valence-electron chi connectivity index (χ1n) is 10.5. The molecule has 0 aromatic rings. The SMILES string of the molecule is CCC(C)(C)OOC(=O)OC1CC(C)(C)N(OC2CCCCC2)C(C)(C)C1. The zero-order valence-corrected chi connectivity index (χ0v) is 18.3. The highest BCUT2D eigenvalue weighted by Crippen LogP contribution is 2.41. The van der Waals surface area contributed by atoms with Crippen molar-refractivity contribution >= 4 is 6.16 Å². The molecule has 1 heterocycles. The molecule has 158 valence electrons. The fraction of sp³-hybridized carbons (Fsp3) is 0.952. The molecule has 0 radical (unpaired) electrons. The summed E-state index contributed by atoms with van der Waals surface area (Å²) in [6.07, 6.45) is 7.44. The minimum absolute atomic E-state index is 0.234. The van der Waals surface area contributed by atoms with E-state index in [0.29, 0.717) is 18.9 Å². The van der Waals surface area contributed by atoms with Crippen molar-refractivity contribution in [2.75, 3.05) is 0 Å². The number of piperidine rings is 1. The van der Waals surface area contributed by atoms with Gasteiger partial charge in [0.1, 0.15) is 11.7 Å². The van der Waals surface area contributed by atoms with Crippen LogP contribution in [-0.2, 0) is 19.3 Å². The van der Waals surface area contributed by atoms with E-state index in [1.807, 2.05) is 20.8 Å². The second kappa shape index (κ2) is 8.66. The Morgan fingerprint density at radius 2 is 1.56 bits per heavy atom. The summed E-state index contributed by atoms with van der Waals surface area (Å²) in [6.45, 7) is 14.3. The maximum absolute atomic E-state index is 12.1. The van der Waals surface area contributed by atoms with Crippen molar-refractivity contribution < 1.29 is 24.1 Å². The van der Waals surface area contributed by atoms with E-state index in [9.17, 15) is 4.79 Å². The van der Waals surface area contributed by atoms with Crippen LogP contribution in [0.15, 0.2) is 0 Å². The van der Waals surface area contributed by atoms with Crippen molar-refractivity contribution in [2.24, 2.45) is 0 Å². The average Bonchev–Trinajstić information content (AvgIpc) is 2.57. The molecule has 1 saturated heterocycles. The third kappa shape index (κ3) is 6.33. The summed E-state index contributed by atoms with van der Waals surface area (Å²) in [6, 6.07) is 0. The molecule has 6 heteroatoms. The van der Waals surface area contributed by atoms with Gasteiger partial charge in [0, 0.05) is 23.9 Å². The van der Waals surface area contributed by atoms with Crippen molar-refractivity contribution in [3.05, 3.63) is 0 Å². The monoisotopic (exact) mass is 385 g/mol. The van der Waals surface area contributed by atoms with Crippen LogP contribution in [-0.4, -0.2) is 40.1 Å². The molecule has 0 N–H and O–H groups in total. The van der Waals surface area contributed by atoms with Gasteiger partial charge in [-0.2, -0.15) is 9.95 Å². The lowest BCUT2D eigenvalue weighted by atomic mass is 9.80. The van der Waals surface area contributed by atoms with Crippen LogP contribution in [0.3, 0.4) is 0 Å². The van der Waals surface area contributed by atoms with Crippen molar-refractivity contribution in [3.8, 4) is 0 Å². The summed E-state index contributed by atoms with van der Waals surface area (Å²) in [5.74, 6) is 0. The number of nitrogens with zero attached hydrogens (tertiary/aromatic N) is 1. The number of hydroxylamine groups is 2. The van der Waals surface area contributed by atoms with Crippen LogP contribution in [0.2, 0.25) is 0 Å². The van der Waals surface area contributed by atoms with Gasteiger partial charge in [0.05, 0.1) is 6.10 Å². The molecule has 0 amide bonds. The Bertz CT molecular complexity index is 479. The maximum Gasteiger partial charge on any atom is 0.540 e. The highest BCUT2D eigenvalue weighted by atomic mass is 17.2. The molecule has 0 atom stereocenters. The fourth-order valence-corrected chi connectivity index (χ4v) is 4.22. The van der Waals surface area contributed by atoms with Crippen LogP contribution in [0.5, 0.6) is 0 Å². The highest BCUT2D eigenvalue weighted by Gasteiger charge is 2.49. The number of hydrogen-bond acceptors (Lipinski definition) is 6. The van der Waals surface area contributed by atoms with Crippen molar-refractivity contribution in [2.45, 2.75) is 129 Å². The predicted octanol–water partition coefficient (Wildman–Crippen LogP) is 5.55. The second-order valence-corrected chi connectivity index (χ2v) is 9.96. The van der Waals surface area contributed by atoms with Gasteiger partial charge in [0.25, 0.3) is 0 Å². The summed E-state index contributed by atoms with van der Waals surface area (Å²) in [5, 5.41) is 2.15. The zero-order chi connectivity index (χ0) is 20.3. The van der Waals surface area contributed by atoms with Gasteiger partial charge < -0.3 is 4.74 Å². The summed E-state index contributed by atoms with van der Waals surface area (Å²) >= 11 is 0. The van der Waals surface area contributed by atoms with Gasteiger partial charge in [0.15, 0.2) is 0 Å². The lowest BCUT2D eigenvalue weighted by Gasteiger charge is -2.54. The Balaban J connectivity index is 1.94. The van der Waals surface area contributed by atoms with Crippen LogP contribution < -0.4 is 0 Å². The number of ether oxygens (including phenoxy) is 1. The Morgan fingerprint density at radius 3 is 2.07 bits per heavy atom. The number of carbonyl (C=O) groups is 1. The Kier molecular flexibility index (Phi) is 7.20. The molecule has 0 unspecified atom stereocenters. The summed E-state index contributed by atoms with van der Waals surface area (Å²) in [5.41, 5.74) is -1.00. The molecule has 1 saturated carbocycles. The normalized spacial score (nSPS) is 24.6. The van der Waals surface area contributed by atoms with Gasteiger partial charge >= 0.3 is 6.16 Å². The lowest BCUT2D eigenvalue weighted by Crippen LogP contribution is -2.63. The molecule has 0 aromatic carbocycles. The van der Waals surface area contributed by atoms with Crippen LogP contribution in [0, 0.1) is 0 Å². The van der Waals surface area contributed by atoms with Crippen LogP contribution >= 0.6 is 0 Å². The Morgan fingerprint density at radius 1 is 1.00 bits per heavy atom. The molecule has 27 heavy (non-hydrogen) atoms. The molecule has 1 aliphatic carbocycles. The number of rotatable bonds is 6. The van der Waals surface area contributed by atoms with E-state index in [-0.39, 0.29) is 17.2 Å². The molecule has 0 aromatic heterocycles. The highest BCUT2D eigenvalue weighted by molar-refractivity contribution is 5.59. The largest absolute Gasteiger partial charge is 0.540 e. The maximum atomic E-state index is 12.1. The molecular formula is C21H39NO5. The first kappa shape index (κ1) is 22.4. The van der Waals surface area contributed by atoms with Crippen molar-refractivity contribution in [1.29, 1.82) is 0 Å². The Hall–Kier alpha value is -0.850. The topological polar surface area (TPSA) is 57.2 Å². The quantitative estimate of drug-likeness (QED) is 0.340. The van der Waals surface area contributed by atoms with Crippen molar-refractivity contribution in [3.63, 3.8) is 0 Å². The lowest BCUT2D eigenvalue weighted by molar-refractivity contribution is -0.332. The molecule has 2 fully saturated rings. The van der Waals surface area contributed by atoms with Crippen LogP contribution in [0.25, 0.3) is 0 Å². The smallest absolute Gasteiger partial charge is 0.429 e. The van der Waals surface area contributed by atoms with E-state index in [4.69, 9.17) is 19.3 Å². The fourth-order valence-electron chi connectivity index (χ4n) is 4.22. The standard InChI is InChI=1S/C21H39NO5/c1-8-21(6,7)27-26-18(23)24-17-14-19(2,3)22(20(4,5)15-17)25-16-12-10-9-11-13-16/h16-17H,8-15H2,1-7H3. The summed E-state index contributed by atoms with van der Waals surface area (Å²) in [7, 11) is 0. The second-order valence-electron chi connectivity index (χ2n) is 9.96. The predicted molar refractivity (Wildman–Crippen MR) is 104 cm³/mol. The average molecular weight is 386 g/mol. The van der Waals surface area contributed by atoms with Gasteiger partial charge in [-0.3, -0.25) is 9.73 Å². The number of carbonyl (C=O) groups excluding carboxylic acids is 1. The molecular weight excluding hydrogens is 346 g/mol. The number of hydrogen-bond donors (Lipinski definition) is 0. The molecule has 2 rings (SSSR count). The molecule has 0 spiro atoms. The van der Waals surface area contributed by atoms with E-state index in [1.165, 1.54) is 19.3 Å². The van der Waals surface area contributed by atoms with E-state index in [0.717, 1.165) is 19.3 Å². The van der Waals surface area contributed by atoms with Gasteiger partial charge in [-0.25, -0.2) is 4.79 Å². The first-order valence-corrected chi connectivity index (χ1v) is 10.5. The van der Waals surface area contributed by atoms with Crippen LogP contribution in [0.4, 0.5) is 4.79 Å². The van der Waals surface area contributed by atoms with E-state index in [1.54, 1.807) is 0 Å². The molecule has 6 nitrogen and oxygen atoms in total. The minimum Gasteiger partial charge on any atom is -0.429 e. The molecule has 1 aliphatic heterocycles. The minimum atomic E-state index is -0.769. The molecule has 0 bridgehead atoms. The summed E-state index contributed by atoms with van der Waals surface area (Å²) in [4.78, 5) is 28.6. The van der Waals surface area contributed by atoms with Gasteiger partial charge in [-0.05, 0) is 60.8 Å². The van der Waals surface area contributed by atoms with E-state index >= 15 is 0 Å². The van der Waals surface area contributed by atoms with Gasteiger partial charge in [-0.1, -0.05) is 26.2 Å². The third-order valence-electron chi connectivity index (χ3n) is 5.81. The van der Waals surface area contributed by atoms with Gasteiger partial charge in [-0.15, -0.1) is 0 Å². The third-order valence-corrected chi connectivity index (χ3v) is 5.81. The zero-order valence-electron chi connectivity index (χ0n) is 18.3. The van der Waals surface area contributed by atoms with Crippen LogP contribution in [0.1, 0.15) is 99.8 Å². The van der Waals surface area contributed by atoms with E-state index in [2.05, 4.69) is 32.8 Å². The van der Waals surface area contributed by atoms with E-state index < -0.39 is 11.8 Å². The van der Waals surface area contributed by atoms with Crippen molar-refractivity contribution in [1.82, 2.24) is 5.06 Å². The molecule has 2 aliphatic rings.